The summed E-state index contributed by atoms with van der Waals surface area (Å²) in [6, 6.07) is 0. The van der Waals surface area contributed by atoms with Crippen molar-refractivity contribution < 1.29 is 4.74 Å². The highest BCUT2D eigenvalue weighted by molar-refractivity contribution is 5.85. The predicted molar refractivity (Wildman–Crippen MR) is 44.5 cm³/mol. The van der Waals surface area contributed by atoms with Crippen molar-refractivity contribution in [3.05, 3.63) is 0 Å². The van der Waals surface area contributed by atoms with E-state index in [9.17, 15) is 0 Å². The van der Waals surface area contributed by atoms with Crippen molar-refractivity contribution in [2.75, 3.05) is 19.8 Å². The number of nitrogens with two attached hydrogens (primary N) is 1. The van der Waals surface area contributed by atoms with Gasteiger partial charge in [0.15, 0.2) is 0 Å². The molecule has 1 rings (SSSR count). The molecule has 62 valence electrons. The summed E-state index contributed by atoms with van der Waals surface area (Å²) in [5, 5.41) is 0. The van der Waals surface area contributed by atoms with E-state index >= 15 is 0 Å². The first kappa shape index (κ1) is 10.2. The molecular formula is C7H16ClNO. The van der Waals surface area contributed by atoms with Crippen LogP contribution in [-0.4, -0.2) is 19.8 Å². The molecule has 0 heterocycles. The first-order valence-electron chi connectivity index (χ1n) is 3.61. The second-order valence-corrected chi connectivity index (χ2v) is 2.84. The van der Waals surface area contributed by atoms with Crippen LogP contribution in [0.4, 0.5) is 0 Å². The molecule has 1 aliphatic rings. The Kier molecular flexibility index (Phi) is 4.25. The summed E-state index contributed by atoms with van der Waals surface area (Å²) in [5.41, 5.74) is 5.93. The van der Waals surface area contributed by atoms with Crippen molar-refractivity contribution in [2.45, 2.75) is 19.8 Å². The maximum absolute atomic E-state index is 5.53. The van der Waals surface area contributed by atoms with Crippen LogP contribution in [0.2, 0.25) is 0 Å². The summed E-state index contributed by atoms with van der Waals surface area (Å²) in [5.74, 6) is 0. The first-order chi connectivity index (χ1) is 4.33. The fourth-order valence-corrected chi connectivity index (χ4v) is 0.903. The summed E-state index contributed by atoms with van der Waals surface area (Å²) >= 11 is 0. The highest BCUT2D eigenvalue weighted by Crippen LogP contribution is 2.44. The predicted octanol–water partition coefficient (Wildman–Crippen LogP) is 1.18. The zero-order chi connectivity index (χ0) is 6.74. The number of halogens is 1. The van der Waals surface area contributed by atoms with E-state index in [0.29, 0.717) is 5.41 Å². The summed E-state index contributed by atoms with van der Waals surface area (Å²) in [4.78, 5) is 0. The third-order valence-corrected chi connectivity index (χ3v) is 2.00. The lowest BCUT2D eigenvalue weighted by Gasteiger charge is -2.10. The van der Waals surface area contributed by atoms with Gasteiger partial charge in [-0.1, -0.05) is 0 Å². The minimum atomic E-state index is 0. The lowest BCUT2D eigenvalue weighted by molar-refractivity contribution is 0.104. The van der Waals surface area contributed by atoms with Gasteiger partial charge in [-0.15, -0.1) is 12.4 Å². The Balaban J connectivity index is 0.000000810. The Labute approximate surface area is 68.5 Å². The van der Waals surface area contributed by atoms with Gasteiger partial charge in [0.05, 0.1) is 6.61 Å². The summed E-state index contributed by atoms with van der Waals surface area (Å²) in [6.45, 7) is 4.52. The molecule has 0 radical (unpaired) electrons. The van der Waals surface area contributed by atoms with Crippen molar-refractivity contribution in [3.8, 4) is 0 Å². The molecule has 0 spiro atoms. The molecule has 1 fully saturated rings. The average Bonchev–Trinajstić information content (AvgIpc) is 2.65. The molecule has 0 unspecified atom stereocenters. The van der Waals surface area contributed by atoms with Gasteiger partial charge in [0.2, 0.25) is 0 Å². The summed E-state index contributed by atoms with van der Waals surface area (Å²) in [7, 11) is 0. The number of hydrogen-bond acceptors (Lipinski definition) is 2. The molecule has 2 nitrogen and oxygen atoms in total. The van der Waals surface area contributed by atoms with Crippen LogP contribution in [-0.2, 0) is 4.74 Å². The van der Waals surface area contributed by atoms with Crippen LogP contribution < -0.4 is 5.73 Å². The van der Waals surface area contributed by atoms with E-state index in [4.69, 9.17) is 10.5 Å². The Morgan fingerprint density at radius 2 is 2.10 bits per heavy atom. The van der Waals surface area contributed by atoms with Crippen LogP contribution in [0.25, 0.3) is 0 Å². The van der Waals surface area contributed by atoms with Gasteiger partial charge < -0.3 is 10.5 Å². The largest absolute Gasteiger partial charge is 0.381 e. The molecule has 0 bridgehead atoms. The minimum Gasteiger partial charge on any atom is -0.381 e. The average molecular weight is 166 g/mol. The van der Waals surface area contributed by atoms with Crippen LogP contribution in [0.5, 0.6) is 0 Å². The Bertz CT molecular complexity index is 93.6. The van der Waals surface area contributed by atoms with Gasteiger partial charge in [-0.25, -0.2) is 0 Å². The smallest absolute Gasteiger partial charge is 0.0534 e. The third-order valence-electron chi connectivity index (χ3n) is 2.00. The van der Waals surface area contributed by atoms with Crippen LogP contribution in [0.15, 0.2) is 0 Å². The van der Waals surface area contributed by atoms with E-state index in [1.165, 1.54) is 12.8 Å². The Morgan fingerprint density at radius 3 is 2.40 bits per heavy atom. The van der Waals surface area contributed by atoms with Crippen LogP contribution >= 0.6 is 12.4 Å². The quantitative estimate of drug-likeness (QED) is 0.679. The highest BCUT2D eigenvalue weighted by Gasteiger charge is 2.41. The molecule has 0 aromatic rings. The standard InChI is InChI=1S/C7H15NO.ClH/c1-2-9-6-7(5-8)3-4-7;/h2-6,8H2,1H3;1H. The molecule has 1 saturated carbocycles. The van der Waals surface area contributed by atoms with Crippen molar-refractivity contribution >= 4 is 12.4 Å². The molecule has 10 heavy (non-hydrogen) atoms. The van der Waals surface area contributed by atoms with E-state index in [0.717, 1.165) is 19.8 Å². The van der Waals surface area contributed by atoms with Gasteiger partial charge in [-0.05, 0) is 19.8 Å². The van der Waals surface area contributed by atoms with Gasteiger partial charge in [-0.3, -0.25) is 0 Å². The van der Waals surface area contributed by atoms with Gasteiger partial charge in [0.25, 0.3) is 0 Å². The van der Waals surface area contributed by atoms with Gasteiger partial charge >= 0.3 is 0 Å². The van der Waals surface area contributed by atoms with Gasteiger partial charge in [0.1, 0.15) is 0 Å². The maximum atomic E-state index is 5.53. The Morgan fingerprint density at radius 1 is 1.50 bits per heavy atom. The maximum Gasteiger partial charge on any atom is 0.0534 e. The first-order valence-corrected chi connectivity index (χ1v) is 3.61. The van der Waals surface area contributed by atoms with Gasteiger partial charge in [-0.2, -0.15) is 0 Å². The van der Waals surface area contributed by atoms with Crippen molar-refractivity contribution in [1.29, 1.82) is 0 Å². The number of rotatable bonds is 4. The molecule has 3 heteroatoms. The van der Waals surface area contributed by atoms with E-state index in [1.807, 2.05) is 6.92 Å². The summed E-state index contributed by atoms with van der Waals surface area (Å²) < 4.78 is 5.27. The zero-order valence-corrected chi connectivity index (χ0v) is 7.25. The number of ether oxygens (including phenoxy) is 1. The van der Waals surface area contributed by atoms with Crippen molar-refractivity contribution in [3.63, 3.8) is 0 Å². The molecule has 0 aliphatic heterocycles. The van der Waals surface area contributed by atoms with Crippen molar-refractivity contribution in [2.24, 2.45) is 11.1 Å². The fraction of sp³-hybridized carbons (Fsp3) is 1.00. The highest BCUT2D eigenvalue weighted by atomic mass is 35.5. The fourth-order valence-electron chi connectivity index (χ4n) is 0.903. The monoisotopic (exact) mass is 165 g/mol. The normalized spacial score (nSPS) is 19.8. The van der Waals surface area contributed by atoms with Gasteiger partial charge in [0, 0.05) is 18.6 Å². The molecule has 1 aliphatic carbocycles. The molecule has 0 atom stereocenters. The molecule has 0 aromatic carbocycles. The lowest BCUT2D eigenvalue weighted by atomic mass is 10.1. The molecule has 0 amide bonds. The Hall–Kier alpha value is 0.210. The van der Waals surface area contributed by atoms with Crippen LogP contribution in [0, 0.1) is 5.41 Å². The number of hydrogen-bond donors (Lipinski definition) is 1. The van der Waals surface area contributed by atoms with E-state index in [-0.39, 0.29) is 12.4 Å². The minimum absolute atomic E-state index is 0. The summed E-state index contributed by atoms with van der Waals surface area (Å²) in [6.07, 6.45) is 2.53. The third kappa shape index (κ3) is 2.45. The molecule has 2 N–H and O–H groups in total. The zero-order valence-electron chi connectivity index (χ0n) is 6.43. The SMILES string of the molecule is CCOCC1(CN)CC1.Cl. The molecular weight excluding hydrogens is 150 g/mol. The van der Waals surface area contributed by atoms with E-state index in [1.54, 1.807) is 0 Å². The van der Waals surface area contributed by atoms with Crippen LogP contribution in [0.1, 0.15) is 19.8 Å². The van der Waals surface area contributed by atoms with E-state index < -0.39 is 0 Å². The molecule has 0 saturated heterocycles. The second-order valence-electron chi connectivity index (χ2n) is 2.84. The topological polar surface area (TPSA) is 35.2 Å². The molecule has 0 aromatic heterocycles. The second kappa shape index (κ2) is 4.16. The van der Waals surface area contributed by atoms with E-state index in [2.05, 4.69) is 0 Å². The van der Waals surface area contributed by atoms with Crippen molar-refractivity contribution in [1.82, 2.24) is 0 Å². The van der Waals surface area contributed by atoms with Crippen LogP contribution in [0.3, 0.4) is 0 Å². The lowest BCUT2D eigenvalue weighted by Crippen LogP contribution is -2.21.